The van der Waals surface area contributed by atoms with Crippen LogP contribution in [0.5, 0.6) is 0 Å². The number of hydrogen-bond acceptors (Lipinski definition) is 0. The van der Waals surface area contributed by atoms with Crippen LogP contribution in [0, 0.1) is 20.8 Å². The lowest BCUT2D eigenvalue weighted by atomic mass is 9.90. The average molecular weight is 528 g/mol. The van der Waals surface area contributed by atoms with E-state index in [1.54, 1.807) is 0 Å². The van der Waals surface area contributed by atoms with Crippen molar-refractivity contribution >= 4 is 21.8 Å². The van der Waals surface area contributed by atoms with Gasteiger partial charge in [0.25, 0.3) is 0 Å². The van der Waals surface area contributed by atoms with Gasteiger partial charge in [0.05, 0.1) is 11.0 Å². The van der Waals surface area contributed by atoms with E-state index in [0.717, 1.165) is 6.42 Å². The molecule has 0 atom stereocenters. The Balaban J connectivity index is 1.23. The monoisotopic (exact) mass is 527 g/mol. The number of benzene rings is 6. The van der Waals surface area contributed by atoms with Crippen molar-refractivity contribution in [3.63, 3.8) is 0 Å². The van der Waals surface area contributed by atoms with E-state index in [1.807, 2.05) is 0 Å². The molecular weight excluding hydrogens is 494 g/mol. The van der Waals surface area contributed by atoms with Gasteiger partial charge >= 0.3 is 0 Å². The molecule has 0 saturated carbocycles. The zero-order valence-electron chi connectivity index (χ0n) is 23.9. The molecule has 1 heterocycles. The van der Waals surface area contributed by atoms with Gasteiger partial charge in [-0.25, -0.2) is 0 Å². The summed E-state index contributed by atoms with van der Waals surface area (Å²) in [5.41, 5.74) is 15.5. The van der Waals surface area contributed by atoms with Crippen molar-refractivity contribution < 1.29 is 0 Å². The first kappa shape index (κ1) is 25.1. The summed E-state index contributed by atoms with van der Waals surface area (Å²) >= 11 is 0. The van der Waals surface area contributed by atoms with Crippen molar-refractivity contribution in [1.82, 2.24) is 4.57 Å². The maximum absolute atomic E-state index is 2.39. The van der Waals surface area contributed by atoms with Crippen LogP contribution in [0.1, 0.15) is 27.8 Å². The first-order valence-corrected chi connectivity index (χ1v) is 14.4. The molecule has 6 aromatic carbocycles. The minimum absolute atomic E-state index is 0.914. The van der Waals surface area contributed by atoms with E-state index < -0.39 is 0 Å². The fourth-order valence-electron chi connectivity index (χ4n) is 6.46. The zero-order chi connectivity index (χ0) is 27.9. The second-order valence-electron chi connectivity index (χ2n) is 11.2. The van der Waals surface area contributed by atoms with E-state index in [2.05, 4.69) is 159 Å². The van der Waals surface area contributed by atoms with Gasteiger partial charge in [-0.05, 0) is 102 Å². The van der Waals surface area contributed by atoms with Crippen LogP contribution in [-0.2, 0) is 6.42 Å². The molecule has 198 valence electrons. The molecular formula is C40H33N. The highest BCUT2D eigenvalue weighted by Crippen LogP contribution is 2.35. The van der Waals surface area contributed by atoms with Gasteiger partial charge < -0.3 is 4.57 Å². The number of rotatable bonds is 5. The Labute approximate surface area is 242 Å². The second-order valence-corrected chi connectivity index (χ2v) is 11.2. The van der Waals surface area contributed by atoms with E-state index in [-0.39, 0.29) is 0 Å². The molecule has 0 N–H and O–H groups in total. The van der Waals surface area contributed by atoms with Crippen molar-refractivity contribution in [2.45, 2.75) is 27.2 Å². The summed E-state index contributed by atoms with van der Waals surface area (Å²) in [5.74, 6) is 0. The SMILES string of the molecule is Cc1cc(Cc2ccccc2-c2ccccc2C)ccc1-c1ccc(-n2c3ccccc3c3ccccc32)cc1C. The van der Waals surface area contributed by atoms with Gasteiger partial charge in [0.1, 0.15) is 0 Å². The molecule has 0 aliphatic rings. The maximum atomic E-state index is 2.39. The molecule has 0 unspecified atom stereocenters. The number of aryl methyl sites for hydroxylation is 3. The Morgan fingerprint density at radius 3 is 1.63 bits per heavy atom. The molecule has 0 radical (unpaired) electrons. The zero-order valence-corrected chi connectivity index (χ0v) is 23.9. The minimum atomic E-state index is 0.914. The highest BCUT2D eigenvalue weighted by Gasteiger charge is 2.14. The Morgan fingerprint density at radius 1 is 0.439 bits per heavy atom. The summed E-state index contributed by atoms with van der Waals surface area (Å²) in [6.45, 7) is 6.67. The molecule has 7 rings (SSSR count). The topological polar surface area (TPSA) is 4.93 Å². The van der Waals surface area contributed by atoms with Crippen LogP contribution in [-0.4, -0.2) is 4.57 Å². The third-order valence-electron chi connectivity index (χ3n) is 8.48. The van der Waals surface area contributed by atoms with Gasteiger partial charge in [0.2, 0.25) is 0 Å². The average Bonchev–Trinajstić information content (AvgIpc) is 3.33. The van der Waals surface area contributed by atoms with E-state index in [1.165, 1.54) is 77.6 Å². The molecule has 0 bridgehead atoms. The van der Waals surface area contributed by atoms with E-state index in [0.29, 0.717) is 0 Å². The van der Waals surface area contributed by atoms with Gasteiger partial charge in [0, 0.05) is 16.5 Å². The number of hydrogen-bond donors (Lipinski definition) is 0. The molecule has 1 nitrogen and oxygen atoms in total. The van der Waals surface area contributed by atoms with Crippen molar-refractivity contribution in [2.75, 3.05) is 0 Å². The molecule has 0 spiro atoms. The Hall–Kier alpha value is -4.88. The van der Waals surface area contributed by atoms with E-state index >= 15 is 0 Å². The first-order chi connectivity index (χ1) is 20.1. The first-order valence-electron chi connectivity index (χ1n) is 14.4. The molecule has 0 aliphatic carbocycles. The van der Waals surface area contributed by atoms with Crippen LogP contribution in [0.3, 0.4) is 0 Å². The fourth-order valence-corrected chi connectivity index (χ4v) is 6.46. The summed E-state index contributed by atoms with van der Waals surface area (Å²) in [6.07, 6.45) is 0.914. The molecule has 1 aromatic heterocycles. The molecule has 0 fully saturated rings. The van der Waals surface area contributed by atoms with Crippen LogP contribution in [0.2, 0.25) is 0 Å². The van der Waals surface area contributed by atoms with Crippen LogP contribution in [0.25, 0.3) is 49.7 Å². The lowest BCUT2D eigenvalue weighted by Crippen LogP contribution is -1.97. The summed E-state index contributed by atoms with van der Waals surface area (Å²) in [4.78, 5) is 0. The lowest BCUT2D eigenvalue weighted by Gasteiger charge is -2.16. The smallest absolute Gasteiger partial charge is 0.0541 e. The van der Waals surface area contributed by atoms with Crippen molar-refractivity contribution in [3.8, 4) is 27.9 Å². The van der Waals surface area contributed by atoms with Gasteiger partial charge in [-0.15, -0.1) is 0 Å². The summed E-state index contributed by atoms with van der Waals surface area (Å²) in [5, 5.41) is 2.58. The van der Waals surface area contributed by atoms with Crippen molar-refractivity contribution in [1.29, 1.82) is 0 Å². The van der Waals surface area contributed by atoms with Crippen molar-refractivity contribution in [3.05, 3.63) is 161 Å². The largest absolute Gasteiger partial charge is 0.309 e. The quantitative estimate of drug-likeness (QED) is 0.210. The van der Waals surface area contributed by atoms with Gasteiger partial charge in [-0.1, -0.05) is 109 Å². The lowest BCUT2D eigenvalue weighted by molar-refractivity contribution is 1.17. The number of nitrogens with zero attached hydrogens (tertiary/aromatic N) is 1. The van der Waals surface area contributed by atoms with Crippen LogP contribution >= 0.6 is 0 Å². The minimum Gasteiger partial charge on any atom is -0.309 e. The fraction of sp³-hybridized carbons (Fsp3) is 0.100. The third-order valence-corrected chi connectivity index (χ3v) is 8.48. The summed E-state index contributed by atoms with van der Waals surface area (Å²) in [6, 6.07) is 48.8. The van der Waals surface area contributed by atoms with Crippen LogP contribution < -0.4 is 0 Å². The number of para-hydroxylation sites is 2. The predicted octanol–water partition coefficient (Wildman–Crippen LogP) is 10.6. The maximum Gasteiger partial charge on any atom is 0.0541 e. The van der Waals surface area contributed by atoms with E-state index in [4.69, 9.17) is 0 Å². The Kier molecular flexibility index (Phi) is 6.29. The number of aromatic nitrogens is 1. The Bertz CT molecular complexity index is 2000. The molecule has 41 heavy (non-hydrogen) atoms. The molecule has 0 saturated heterocycles. The standard InChI is InChI=1S/C40H33N/c1-27-12-4-6-14-33(27)36-15-7-5-13-31(36)26-30-20-22-34(28(2)24-30)35-23-21-32(25-29(35)3)41-39-18-10-8-16-37(39)38-17-9-11-19-40(38)41/h4-25H,26H2,1-3H3. The normalized spacial score (nSPS) is 11.4. The van der Waals surface area contributed by atoms with Gasteiger partial charge in [0.15, 0.2) is 0 Å². The predicted molar refractivity (Wildman–Crippen MR) is 175 cm³/mol. The van der Waals surface area contributed by atoms with Crippen LogP contribution in [0.4, 0.5) is 0 Å². The highest BCUT2D eigenvalue weighted by molar-refractivity contribution is 6.09. The van der Waals surface area contributed by atoms with Crippen LogP contribution in [0.15, 0.2) is 133 Å². The molecule has 1 heteroatoms. The highest BCUT2D eigenvalue weighted by atomic mass is 15.0. The third kappa shape index (κ3) is 4.44. The second kappa shape index (κ2) is 10.3. The van der Waals surface area contributed by atoms with E-state index in [9.17, 15) is 0 Å². The Morgan fingerprint density at radius 2 is 0.976 bits per heavy atom. The molecule has 0 aliphatic heterocycles. The molecule has 7 aromatic rings. The van der Waals surface area contributed by atoms with Crippen molar-refractivity contribution in [2.24, 2.45) is 0 Å². The van der Waals surface area contributed by atoms with Gasteiger partial charge in [-0.2, -0.15) is 0 Å². The number of fused-ring (bicyclic) bond motifs is 3. The van der Waals surface area contributed by atoms with Gasteiger partial charge in [-0.3, -0.25) is 0 Å². The summed E-state index contributed by atoms with van der Waals surface area (Å²) < 4.78 is 2.39. The summed E-state index contributed by atoms with van der Waals surface area (Å²) in [7, 11) is 0. The molecule has 0 amide bonds.